The molecular formula is C14H16ClNO3. The van der Waals surface area contributed by atoms with Crippen molar-refractivity contribution in [3.8, 4) is 0 Å². The van der Waals surface area contributed by atoms with Crippen molar-refractivity contribution in [2.45, 2.75) is 26.2 Å². The highest BCUT2D eigenvalue weighted by atomic mass is 35.5. The molecular weight excluding hydrogens is 266 g/mol. The molecule has 0 unspecified atom stereocenters. The van der Waals surface area contributed by atoms with Crippen LogP contribution in [0.3, 0.4) is 0 Å². The molecule has 1 aromatic rings. The molecule has 102 valence electrons. The largest absolute Gasteiger partial charge is 0.481 e. The van der Waals surface area contributed by atoms with Gasteiger partial charge in [-0.2, -0.15) is 0 Å². The number of carboxylic acid groups (broad SMARTS) is 1. The third-order valence-corrected chi connectivity index (χ3v) is 3.86. The van der Waals surface area contributed by atoms with E-state index in [-0.39, 0.29) is 5.91 Å². The van der Waals surface area contributed by atoms with Crippen molar-refractivity contribution < 1.29 is 14.7 Å². The zero-order valence-corrected chi connectivity index (χ0v) is 11.4. The molecule has 2 atom stereocenters. The highest BCUT2D eigenvalue weighted by molar-refractivity contribution is 6.31. The summed E-state index contributed by atoms with van der Waals surface area (Å²) in [6, 6.07) is 5.25. The number of carboxylic acids is 1. The SMILES string of the molecule is Cc1ccc(Cl)cc1NC(=O)[C@@H]1CCC[C@@H]1C(=O)O. The summed E-state index contributed by atoms with van der Waals surface area (Å²) >= 11 is 5.89. The highest BCUT2D eigenvalue weighted by Crippen LogP contribution is 2.33. The lowest BCUT2D eigenvalue weighted by atomic mass is 9.95. The summed E-state index contributed by atoms with van der Waals surface area (Å²) in [5.41, 5.74) is 1.55. The molecule has 0 saturated heterocycles. The molecule has 0 aromatic heterocycles. The van der Waals surface area contributed by atoms with Crippen molar-refractivity contribution in [1.29, 1.82) is 0 Å². The number of nitrogens with one attached hydrogen (secondary N) is 1. The van der Waals surface area contributed by atoms with Crippen LogP contribution in [0.4, 0.5) is 5.69 Å². The van der Waals surface area contributed by atoms with Gasteiger partial charge in [-0.1, -0.05) is 24.1 Å². The molecule has 4 nitrogen and oxygen atoms in total. The van der Waals surface area contributed by atoms with Crippen LogP contribution < -0.4 is 5.32 Å². The number of carbonyl (C=O) groups is 2. The van der Waals surface area contributed by atoms with Gasteiger partial charge in [0, 0.05) is 10.7 Å². The van der Waals surface area contributed by atoms with Gasteiger partial charge in [0.15, 0.2) is 0 Å². The van der Waals surface area contributed by atoms with E-state index in [2.05, 4.69) is 5.32 Å². The third-order valence-electron chi connectivity index (χ3n) is 3.63. The van der Waals surface area contributed by atoms with E-state index in [0.717, 1.165) is 12.0 Å². The average molecular weight is 282 g/mol. The number of hydrogen-bond donors (Lipinski definition) is 2. The van der Waals surface area contributed by atoms with Crippen molar-refractivity contribution >= 4 is 29.2 Å². The Labute approximate surface area is 116 Å². The quantitative estimate of drug-likeness (QED) is 0.895. The lowest BCUT2D eigenvalue weighted by Gasteiger charge is -2.16. The summed E-state index contributed by atoms with van der Waals surface area (Å²) in [4.78, 5) is 23.3. The zero-order valence-electron chi connectivity index (χ0n) is 10.6. The minimum Gasteiger partial charge on any atom is -0.481 e. The van der Waals surface area contributed by atoms with Crippen LogP contribution >= 0.6 is 11.6 Å². The summed E-state index contributed by atoms with van der Waals surface area (Å²) < 4.78 is 0. The number of halogens is 1. The van der Waals surface area contributed by atoms with Crippen LogP contribution in [0.15, 0.2) is 18.2 Å². The standard InChI is InChI=1S/C14H16ClNO3/c1-8-5-6-9(15)7-12(8)16-13(17)10-3-2-4-11(10)14(18)19/h5-7,10-11H,2-4H2,1H3,(H,16,17)(H,18,19)/t10-,11+/m1/s1. The number of anilines is 1. The van der Waals surface area contributed by atoms with Gasteiger partial charge in [0.1, 0.15) is 0 Å². The Kier molecular flexibility index (Phi) is 4.10. The zero-order chi connectivity index (χ0) is 14.0. The first-order valence-electron chi connectivity index (χ1n) is 6.29. The highest BCUT2D eigenvalue weighted by Gasteiger charge is 2.37. The Balaban J connectivity index is 2.12. The van der Waals surface area contributed by atoms with Crippen LogP contribution in [0.5, 0.6) is 0 Å². The summed E-state index contributed by atoms with van der Waals surface area (Å²) in [5.74, 6) is -2.13. The molecule has 1 saturated carbocycles. The van der Waals surface area contributed by atoms with Crippen LogP contribution in [-0.2, 0) is 9.59 Å². The fourth-order valence-corrected chi connectivity index (χ4v) is 2.70. The van der Waals surface area contributed by atoms with E-state index < -0.39 is 17.8 Å². The molecule has 1 aliphatic rings. The number of benzene rings is 1. The van der Waals surface area contributed by atoms with Gasteiger partial charge in [-0.25, -0.2) is 0 Å². The van der Waals surface area contributed by atoms with Gasteiger partial charge in [0.25, 0.3) is 0 Å². The maximum absolute atomic E-state index is 12.2. The van der Waals surface area contributed by atoms with E-state index in [0.29, 0.717) is 23.6 Å². The molecule has 19 heavy (non-hydrogen) atoms. The number of aliphatic carboxylic acids is 1. The maximum Gasteiger partial charge on any atom is 0.307 e. The minimum absolute atomic E-state index is 0.227. The van der Waals surface area contributed by atoms with Crippen molar-refractivity contribution in [3.05, 3.63) is 28.8 Å². The fourth-order valence-electron chi connectivity index (χ4n) is 2.52. The number of hydrogen-bond acceptors (Lipinski definition) is 2. The second-order valence-electron chi connectivity index (χ2n) is 4.93. The molecule has 1 fully saturated rings. The molecule has 0 radical (unpaired) electrons. The first-order valence-corrected chi connectivity index (χ1v) is 6.66. The smallest absolute Gasteiger partial charge is 0.307 e. The summed E-state index contributed by atoms with van der Waals surface area (Å²) in [5, 5.41) is 12.4. The molecule has 1 aliphatic carbocycles. The van der Waals surface area contributed by atoms with Crippen molar-refractivity contribution in [1.82, 2.24) is 0 Å². The van der Waals surface area contributed by atoms with E-state index in [1.165, 1.54) is 0 Å². The fraction of sp³-hybridized carbons (Fsp3) is 0.429. The van der Waals surface area contributed by atoms with Gasteiger partial charge in [-0.3, -0.25) is 9.59 Å². The number of amides is 1. The molecule has 0 aliphatic heterocycles. The number of carbonyl (C=O) groups excluding carboxylic acids is 1. The lowest BCUT2D eigenvalue weighted by Crippen LogP contribution is -2.30. The Hall–Kier alpha value is -1.55. The van der Waals surface area contributed by atoms with Crippen molar-refractivity contribution in [2.75, 3.05) is 5.32 Å². The van der Waals surface area contributed by atoms with Crippen LogP contribution in [0, 0.1) is 18.8 Å². The second kappa shape index (κ2) is 5.61. The van der Waals surface area contributed by atoms with Crippen molar-refractivity contribution in [3.63, 3.8) is 0 Å². The van der Waals surface area contributed by atoms with Crippen LogP contribution in [0.1, 0.15) is 24.8 Å². The van der Waals surface area contributed by atoms with Gasteiger partial charge < -0.3 is 10.4 Å². The van der Waals surface area contributed by atoms with Gasteiger partial charge in [0.2, 0.25) is 5.91 Å². The van der Waals surface area contributed by atoms with Crippen molar-refractivity contribution in [2.24, 2.45) is 11.8 Å². The Bertz CT molecular complexity index is 515. The van der Waals surface area contributed by atoms with E-state index in [4.69, 9.17) is 16.7 Å². The van der Waals surface area contributed by atoms with E-state index in [1.807, 2.05) is 13.0 Å². The summed E-state index contributed by atoms with van der Waals surface area (Å²) in [6.45, 7) is 1.87. The molecule has 2 rings (SSSR count). The lowest BCUT2D eigenvalue weighted by molar-refractivity contribution is -0.145. The summed E-state index contributed by atoms with van der Waals surface area (Å²) in [7, 11) is 0. The normalized spacial score (nSPS) is 22.2. The molecule has 5 heteroatoms. The molecule has 0 spiro atoms. The Morgan fingerprint density at radius 1 is 1.32 bits per heavy atom. The predicted octanol–water partition coefficient (Wildman–Crippen LogP) is 3.09. The van der Waals surface area contributed by atoms with Gasteiger partial charge in [-0.15, -0.1) is 0 Å². The second-order valence-corrected chi connectivity index (χ2v) is 5.37. The molecule has 1 amide bonds. The van der Waals surface area contributed by atoms with E-state index in [1.54, 1.807) is 12.1 Å². The van der Waals surface area contributed by atoms with Gasteiger partial charge >= 0.3 is 5.97 Å². The Morgan fingerprint density at radius 3 is 2.68 bits per heavy atom. The molecule has 0 bridgehead atoms. The molecule has 0 heterocycles. The van der Waals surface area contributed by atoms with Gasteiger partial charge in [0.05, 0.1) is 11.8 Å². The maximum atomic E-state index is 12.2. The topological polar surface area (TPSA) is 66.4 Å². The predicted molar refractivity (Wildman–Crippen MR) is 73.3 cm³/mol. The van der Waals surface area contributed by atoms with Gasteiger partial charge in [-0.05, 0) is 37.5 Å². The van der Waals surface area contributed by atoms with Crippen LogP contribution in [-0.4, -0.2) is 17.0 Å². The van der Waals surface area contributed by atoms with Crippen LogP contribution in [0.2, 0.25) is 5.02 Å². The molecule has 1 aromatic carbocycles. The monoisotopic (exact) mass is 281 g/mol. The molecule has 2 N–H and O–H groups in total. The third kappa shape index (κ3) is 3.07. The summed E-state index contributed by atoms with van der Waals surface area (Å²) in [6.07, 6.45) is 1.98. The van der Waals surface area contributed by atoms with E-state index in [9.17, 15) is 9.59 Å². The Morgan fingerprint density at radius 2 is 2.00 bits per heavy atom. The number of rotatable bonds is 3. The number of aryl methyl sites for hydroxylation is 1. The van der Waals surface area contributed by atoms with E-state index >= 15 is 0 Å². The van der Waals surface area contributed by atoms with Crippen LogP contribution in [0.25, 0.3) is 0 Å². The first kappa shape index (κ1) is 13.9. The first-order chi connectivity index (χ1) is 8.99. The minimum atomic E-state index is -0.888. The average Bonchev–Trinajstić information content (AvgIpc) is 2.83.